The first-order valence-corrected chi connectivity index (χ1v) is 7.92. The lowest BCUT2D eigenvalue weighted by atomic mass is 10.3. The van der Waals surface area contributed by atoms with Crippen molar-refractivity contribution in [2.45, 2.75) is 0 Å². The van der Waals surface area contributed by atoms with Gasteiger partial charge in [0.15, 0.2) is 0 Å². The second-order valence-corrected chi connectivity index (χ2v) is 5.37. The first-order valence-electron chi connectivity index (χ1n) is 7.92. The predicted octanol–water partition coefficient (Wildman–Crippen LogP) is 2.51. The van der Waals surface area contributed by atoms with Crippen molar-refractivity contribution in [1.82, 2.24) is 9.97 Å². The number of methoxy groups -OCH3 is 2. The van der Waals surface area contributed by atoms with Gasteiger partial charge in [-0.15, -0.1) is 0 Å². The smallest absolute Gasteiger partial charge is 0.353 e. The Morgan fingerprint density at radius 1 is 1.19 bits per heavy atom. The van der Waals surface area contributed by atoms with E-state index in [1.165, 1.54) is 14.2 Å². The molecular weight excluding hydrogens is 364 g/mol. The maximum atomic E-state index is 13.9. The van der Waals surface area contributed by atoms with E-state index in [0.29, 0.717) is 26.3 Å². The van der Waals surface area contributed by atoms with Gasteiger partial charge in [-0.05, 0) is 12.1 Å². The zero-order valence-electron chi connectivity index (χ0n) is 14.8. The zero-order chi connectivity index (χ0) is 19.8. The highest BCUT2D eigenvalue weighted by Crippen LogP contribution is 2.34. The second kappa shape index (κ2) is 9.69. The molecule has 0 amide bonds. The van der Waals surface area contributed by atoms with Crippen LogP contribution in [-0.2, 0) is 9.47 Å². The molecule has 0 radical (unpaired) electrons. The average Bonchev–Trinajstić information content (AvgIpc) is 2.64. The van der Waals surface area contributed by atoms with E-state index in [-0.39, 0.29) is 17.3 Å². The zero-order valence-corrected chi connectivity index (χ0v) is 14.8. The third kappa shape index (κ3) is 5.28. The van der Waals surface area contributed by atoms with Crippen LogP contribution in [0.15, 0.2) is 24.5 Å². The summed E-state index contributed by atoms with van der Waals surface area (Å²) in [6, 6.07) is 2.74. The summed E-state index contributed by atoms with van der Waals surface area (Å²) >= 11 is 0. The number of nitro groups is 1. The van der Waals surface area contributed by atoms with Gasteiger partial charge in [0.2, 0.25) is 11.6 Å². The van der Waals surface area contributed by atoms with Crippen LogP contribution in [0.1, 0.15) is 0 Å². The summed E-state index contributed by atoms with van der Waals surface area (Å²) in [7, 11) is 3.01. The minimum atomic E-state index is -0.776. The summed E-state index contributed by atoms with van der Waals surface area (Å²) in [5, 5.41) is 14.1. The van der Waals surface area contributed by atoms with Gasteiger partial charge in [0.05, 0.1) is 23.8 Å². The lowest BCUT2D eigenvalue weighted by molar-refractivity contribution is -0.383. The molecule has 0 atom stereocenters. The Labute approximate surface area is 154 Å². The number of aromatic nitrogens is 2. The van der Waals surface area contributed by atoms with Crippen molar-refractivity contribution in [3.8, 4) is 0 Å². The molecule has 0 fully saturated rings. The molecule has 9 nitrogen and oxygen atoms in total. The van der Waals surface area contributed by atoms with E-state index in [0.717, 1.165) is 24.5 Å². The molecule has 1 aromatic heterocycles. The van der Waals surface area contributed by atoms with Crippen molar-refractivity contribution < 1.29 is 23.2 Å². The summed E-state index contributed by atoms with van der Waals surface area (Å²) in [5.41, 5.74) is -0.739. The highest BCUT2D eigenvalue weighted by atomic mass is 19.1. The van der Waals surface area contributed by atoms with E-state index in [2.05, 4.69) is 15.3 Å². The maximum absolute atomic E-state index is 13.9. The van der Waals surface area contributed by atoms with E-state index < -0.39 is 22.2 Å². The number of benzene rings is 1. The Kier molecular flexibility index (Phi) is 7.32. The standard InChI is InChI=1S/C16H19F2N5O4/c1-26-7-5-22(6-8-27-2)16-14(23(24)25)15(19-10-20-16)21-13-9-11(17)3-4-12(13)18/h3-4,9-10H,5-8H2,1-2H3,(H,19,20,21). The Morgan fingerprint density at radius 2 is 1.85 bits per heavy atom. The van der Waals surface area contributed by atoms with Crippen LogP contribution < -0.4 is 10.2 Å². The molecule has 146 valence electrons. The number of rotatable bonds is 10. The van der Waals surface area contributed by atoms with E-state index in [1.54, 1.807) is 4.90 Å². The van der Waals surface area contributed by atoms with Gasteiger partial charge in [0, 0.05) is 33.4 Å². The summed E-state index contributed by atoms with van der Waals surface area (Å²) in [6.45, 7) is 1.22. The number of ether oxygens (including phenoxy) is 2. The highest BCUT2D eigenvalue weighted by Gasteiger charge is 2.27. The summed E-state index contributed by atoms with van der Waals surface area (Å²) < 4.78 is 37.3. The third-order valence-corrected chi connectivity index (χ3v) is 3.60. The number of hydrogen-bond donors (Lipinski definition) is 1. The fourth-order valence-electron chi connectivity index (χ4n) is 2.31. The van der Waals surface area contributed by atoms with Gasteiger partial charge in [0.1, 0.15) is 18.0 Å². The van der Waals surface area contributed by atoms with Crippen LogP contribution in [0, 0.1) is 21.7 Å². The quantitative estimate of drug-likeness (QED) is 0.493. The Morgan fingerprint density at radius 3 is 2.44 bits per heavy atom. The molecule has 1 aromatic carbocycles. The monoisotopic (exact) mass is 383 g/mol. The van der Waals surface area contributed by atoms with Gasteiger partial charge < -0.3 is 19.7 Å². The van der Waals surface area contributed by atoms with Crippen LogP contribution in [0.2, 0.25) is 0 Å². The molecule has 0 saturated heterocycles. The Hall–Kier alpha value is -2.92. The van der Waals surface area contributed by atoms with E-state index in [9.17, 15) is 18.9 Å². The molecule has 0 aliphatic rings. The molecule has 1 heterocycles. The molecule has 0 unspecified atom stereocenters. The summed E-state index contributed by atoms with van der Waals surface area (Å²) in [4.78, 5) is 20.4. The molecule has 0 bridgehead atoms. The minimum absolute atomic E-state index is 0.0170. The number of nitrogens with one attached hydrogen (secondary N) is 1. The largest absolute Gasteiger partial charge is 0.383 e. The van der Waals surface area contributed by atoms with Crippen LogP contribution in [-0.4, -0.2) is 55.4 Å². The van der Waals surface area contributed by atoms with Crippen LogP contribution in [0.4, 0.5) is 31.8 Å². The number of nitrogens with zero attached hydrogens (tertiary/aromatic N) is 4. The van der Waals surface area contributed by atoms with Crippen molar-refractivity contribution in [2.75, 3.05) is 50.7 Å². The molecular formula is C16H19F2N5O4. The van der Waals surface area contributed by atoms with Gasteiger partial charge in [-0.2, -0.15) is 0 Å². The first kappa shape index (κ1) is 20.4. The number of anilines is 3. The molecule has 27 heavy (non-hydrogen) atoms. The van der Waals surface area contributed by atoms with Crippen molar-refractivity contribution in [2.24, 2.45) is 0 Å². The second-order valence-electron chi connectivity index (χ2n) is 5.37. The molecule has 0 saturated carbocycles. The van der Waals surface area contributed by atoms with Crippen molar-refractivity contribution in [3.63, 3.8) is 0 Å². The fourth-order valence-corrected chi connectivity index (χ4v) is 2.31. The van der Waals surface area contributed by atoms with Gasteiger partial charge >= 0.3 is 5.69 Å². The van der Waals surface area contributed by atoms with Crippen molar-refractivity contribution in [1.29, 1.82) is 0 Å². The summed E-state index contributed by atoms with van der Waals surface area (Å²) in [6.07, 6.45) is 1.11. The third-order valence-electron chi connectivity index (χ3n) is 3.60. The van der Waals surface area contributed by atoms with Gasteiger partial charge in [-0.1, -0.05) is 0 Å². The van der Waals surface area contributed by atoms with E-state index in [1.807, 2.05) is 0 Å². The van der Waals surface area contributed by atoms with E-state index >= 15 is 0 Å². The predicted molar refractivity (Wildman–Crippen MR) is 94.3 cm³/mol. The minimum Gasteiger partial charge on any atom is -0.383 e. The molecule has 0 aliphatic carbocycles. The lowest BCUT2D eigenvalue weighted by Crippen LogP contribution is -2.32. The lowest BCUT2D eigenvalue weighted by Gasteiger charge is -2.23. The van der Waals surface area contributed by atoms with Gasteiger partial charge in [0.25, 0.3) is 0 Å². The van der Waals surface area contributed by atoms with E-state index in [4.69, 9.17) is 9.47 Å². The van der Waals surface area contributed by atoms with Gasteiger partial charge in [-0.3, -0.25) is 10.1 Å². The molecule has 2 aromatic rings. The Bertz CT molecular complexity index is 785. The number of halogens is 2. The van der Waals surface area contributed by atoms with Crippen LogP contribution in [0.25, 0.3) is 0 Å². The molecule has 2 rings (SSSR count). The SMILES string of the molecule is COCCN(CCOC)c1ncnc(Nc2cc(F)ccc2F)c1[N+](=O)[O-]. The molecule has 0 aliphatic heterocycles. The normalized spacial score (nSPS) is 10.7. The van der Waals surface area contributed by atoms with Crippen molar-refractivity contribution >= 4 is 23.0 Å². The van der Waals surface area contributed by atoms with Crippen LogP contribution in [0.3, 0.4) is 0 Å². The highest BCUT2D eigenvalue weighted by molar-refractivity contribution is 5.74. The van der Waals surface area contributed by atoms with Crippen LogP contribution >= 0.6 is 0 Å². The topological polar surface area (TPSA) is 103 Å². The average molecular weight is 383 g/mol. The molecule has 1 N–H and O–H groups in total. The maximum Gasteiger partial charge on any atom is 0.353 e. The summed E-state index contributed by atoms with van der Waals surface area (Å²) in [5.74, 6) is -1.71. The first-order chi connectivity index (χ1) is 13.0. The Balaban J connectivity index is 2.45. The number of hydrogen-bond acceptors (Lipinski definition) is 8. The van der Waals surface area contributed by atoms with Crippen molar-refractivity contribution in [3.05, 3.63) is 46.3 Å². The fraction of sp³-hybridized carbons (Fsp3) is 0.375. The van der Waals surface area contributed by atoms with Crippen LogP contribution in [0.5, 0.6) is 0 Å². The van der Waals surface area contributed by atoms with Gasteiger partial charge in [-0.25, -0.2) is 18.7 Å². The molecule has 0 spiro atoms. The molecule has 11 heteroatoms.